The van der Waals surface area contributed by atoms with Gasteiger partial charge >= 0.3 is 0 Å². The monoisotopic (exact) mass is 263 g/mol. The average molecular weight is 263 g/mol. The molecule has 4 nitrogen and oxygen atoms in total. The summed E-state index contributed by atoms with van der Waals surface area (Å²) < 4.78 is 0. The Kier molecular flexibility index (Phi) is 5.80. The molecule has 1 amide bonds. The van der Waals surface area contributed by atoms with E-state index < -0.39 is 0 Å². The average Bonchev–Trinajstić information content (AvgIpc) is 2.37. The first-order valence-electron chi connectivity index (χ1n) is 7.04. The van der Waals surface area contributed by atoms with Crippen molar-refractivity contribution < 1.29 is 4.79 Å². The molecule has 0 spiro atoms. The Bertz CT molecular complexity index is 411. The SMILES string of the molecule is CCCCN(C(=O)c1cc(C)nc(N)c1)C(C)CC. The Hall–Kier alpha value is -1.58. The van der Waals surface area contributed by atoms with Crippen molar-refractivity contribution in [3.63, 3.8) is 0 Å². The number of carbonyl (C=O) groups is 1. The summed E-state index contributed by atoms with van der Waals surface area (Å²) in [5, 5.41) is 0. The first-order chi connectivity index (χ1) is 8.99. The molecule has 106 valence electrons. The van der Waals surface area contributed by atoms with Crippen molar-refractivity contribution in [2.24, 2.45) is 0 Å². The van der Waals surface area contributed by atoms with Crippen LogP contribution in [-0.4, -0.2) is 28.4 Å². The summed E-state index contributed by atoms with van der Waals surface area (Å²) in [6.07, 6.45) is 3.06. The molecule has 1 heterocycles. The van der Waals surface area contributed by atoms with Gasteiger partial charge in [0.25, 0.3) is 5.91 Å². The van der Waals surface area contributed by atoms with E-state index in [9.17, 15) is 4.79 Å². The molecule has 2 N–H and O–H groups in total. The number of unbranched alkanes of at least 4 members (excludes halogenated alkanes) is 1. The Labute approximate surface area is 116 Å². The summed E-state index contributed by atoms with van der Waals surface area (Å²) >= 11 is 0. The zero-order chi connectivity index (χ0) is 14.4. The molecular formula is C15H25N3O. The van der Waals surface area contributed by atoms with Crippen molar-refractivity contribution in [1.82, 2.24) is 9.88 Å². The molecular weight excluding hydrogens is 238 g/mol. The highest BCUT2D eigenvalue weighted by atomic mass is 16.2. The van der Waals surface area contributed by atoms with E-state index in [2.05, 4.69) is 25.8 Å². The second-order valence-corrected chi connectivity index (χ2v) is 5.03. The predicted molar refractivity (Wildman–Crippen MR) is 79.1 cm³/mol. The van der Waals surface area contributed by atoms with Gasteiger partial charge in [-0.15, -0.1) is 0 Å². The molecule has 0 aliphatic rings. The summed E-state index contributed by atoms with van der Waals surface area (Å²) in [5.74, 6) is 0.461. The third-order valence-corrected chi connectivity index (χ3v) is 3.36. The van der Waals surface area contributed by atoms with Gasteiger partial charge in [-0.2, -0.15) is 0 Å². The number of nitrogens with two attached hydrogens (primary N) is 1. The van der Waals surface area contributed by atoms with Crippen molar-refractivity contribution in [2.75, 3.05) is 12.3 Å². The third-order valence-electron chi connectivity index (χ3n) is 3.36. The van der Waals surface area contributed by atoms with Gasteiger partial charge in [-0.1, -0.05) is 20.3 Å². The van der Waals surface area contributed by atoms with Crippen LogP contribution in [0.4, 0.5) is 5.82 Å². The first-order valence-corrected chi connectivity index (χ1v) is 7.04. The largest absolute Gasteiger partial charge is 0.384 e. The maximum atomic E-state index is 12.6. The number of hydrogen-bond donors (Lipinski definition) is 1. The van der Waals surface area contributed by atoms with E-state index in [-0.39, 0.29) is 11.9 Å². The molecule has 19 heavy (non-hydrogen) atoms. The van der Waals surface area contributed by atoms with Crippen LogP contribution in [0.15, 0.2) is 12.1 Å². The number of amides is 1. The minimum absolute atomic E-state index is 0.0556. The fourth-order valence-corrected chi connectivity index (χ4v) is 2.05. The molecule has 0 saturated heterocycles. The highest BCUT2D eigenvalue weighted by Crippen LogP contribution is 2.14. The molecule has 0 aromatic carbocycles. The molecule has 0 aliphatic heterocycles. The summed E-state index contributed by atoms with van der Waals surface area (Å²) in [7, 11) is 0. The minimum Gasteiger partial charge on any atom is -0.384 e. The van der Waals surface area contributed by atoms with Gasteiger partial charge in [0.1, 0.15) is 5.82 Å². The van der Waals surface area contributed by atoms with Crippen LogP contribution in [0.5, 0.6) is 0 Å². The van der Waals surface area contributed by atoms with Crippen molar-refractivity contribution >= 4 is 11.7 Å². The lowest BCUT2D eigenvalue weighted by Crippen LogP contribution is -2.39. The van der Waals surface area contributed by atoms with Crippen molar-refractivity contribution in [1.29, 1.82) is 0 Å². The Morgan fingerprint density at radius 3 is 2.63 bits per heavy atom. The number of hydrogen-bond acceptors (Lipinski definition) is 3. The summed E-state index contributed by atoms with van der Waals surface area (Å²) in [4.78, 5) is 18.7. The number of aromatic nitrogens is 1. The van der Waals surface area contributed by atoms with E-state index in [0.717, 1.165) is 31.5 Å². The second kappa shape index (κ2) is 7.12. The Balaban J connectivity index is 2.97. The molecule has 1 unspecified atom stereocenters. The maximum Gasteiger partial charge on any atom is 0.254 e. The van der Waals surface area contributed by atoms with Crippen LogP contribution in [0.2, 0.25) is 0 Å². The zero-order valence-electron chi connectivity index (χ0n) is 12.4. The molecule has 0 radical (unpaired) electrons. The van der Waals surface area contributed by atoms with Crippen LogP contribution in [0.25, 0.3) is 0 Å². The van der Waals surface area contributed by atoms with E-state index in [1.807, 2.05) is 11.8 Å². The standard InChI is InChI=1S/C15H25N3O/c1-5-7-8-18(12(4)6-2)15(19)13-9-11(3)17-14(16)10-13/h9-10,12H,5-8H2,1-4H3,(H2,16,17). The summed E-state index contributed by atoms with van der Waals surface area (Å²) in [6.45, 7) is 8.97. The van der Waals surface area contributed by atoms with Crippen LogP contribution >= 0.6 is 0 Å². The normalized spacial score (nSPS) is 12.2. The third kappa shape index (κ3) is 4.23. The van der Waals surface area contributed by atoms with E-state index in [0.29, 0.717) is 11.4 Å². The van der Waals surface area contributed by atoms with Crippen molar-refractivity contribution in [3.05, 3.63) is 23.4 Å². The van der Waals surface area contributed by atoms with Gasteiger partial charge in [-0.25, -0.2) is 4.98 Å². The van der Waals surface area contributed by atoms with E-state index in [4.69, 9.17) is 5.73 Å². The molecule has 0 fully saturated rings. The zero-order valence-corrected chi connectivity index (χ0v) is 12.4. The van der Waals surface area contributed by atoms with Crippen LogP contribution < -0.4 is 5.73 Å². The van der Waals surface area contributed by atoms with Crippen molar-refractivity contribution in [2.45, 2.75) is 53.0 Å². The fraction of sp³-hybridized carbons (Fsp3) is 0.600. The van der Waals surface area contributed by atoms with Gasteiger partial charge in [0.05, 0.1) is 0 Å². The van der Waals surface area contributed by atoms with E-state index in [1.165, 1.54) is 0 Å². The molecule has 1 rings (SSSR count). The predicted octanol–water partition coefficient (Wildman–Crippen LogP) is 3.01. The fourth-order valence-electron chi connectivity index (χ4n) is 2.05. The number of anilines is 1. The lowest BCUT2D eigenvalue weighted by molar-refractivity contribution is 0.0685. The molecule has 1 aromatic heterocycles. The summed E-state index contributed by atoms with van der Waals surface area (Å²) in [6, 6.07) is 3.71. The first kappa shape index (κ1) is 15.5. The highest BCUT2D eigenvalue weighted by molar-refractivity contribution is 5.95. The van der Waals surface area contributed by atoms with Crippen LogP contribution in [0.3, 0.4) is 0 Å². The number of aryl methyl sites for hydroxylation is 1. The molecule has 0 aliphatic carbocycles. The van der Waals surface area contributed by atoms with Crippen LogP contribution in [0.1, 0.15) is 56.1 Å². The Morgan fingerprint density at radius 1 is 1.42 bits per heavy atom. The highest BCUT2D eigenvalue weighted by Gasteiger charge is 2.20. The maximum absolute atomic E-state index is 12.6. The van der Waals surface area contributed by atoms with Gasteiger partial charge in [0, 0.05) is 23.8 Å². The van der Waals surface area contributed by atoms with Gasteiger partial charge in [-0.3, -0.25) is 4.79 Å². The lowest BCUT2D eigenvalue weighted by atomic mass is 10.1. The van der Waals surface area contributed by atoms with E-state index in [1.54, 1.807) is 12.1 Å². The number of pyridine rings is 1. The quantitative estimate of drug-likeness (QED) is 0.858. The van der Waals surface area contributed by atoms with Crippen molar-refractivity contribution in [3.8, 4) is 0 Å². The minimum atomic E-state index is 0.0556. The topological polar surface area (TPSA) is 59.2 Å². The number of nitrogen functional groups attached to an aromatic ring is 1. The van der Waals surface area contributed by atoms with Gasteiger partial charge in [0.2, 0.25) is 0 Å². The smallest absolute Gasteiger partial charge is 0.254 e. The van der Waals surface area contributed by atoms with E-state index >= 15 is 0 Å². The lowest BCUT2D eigenvalue weighted by Gasteiger charge is -2.28. The number of carbonyl (C=O) groups excluding carboxylic acids is 1. The number of rotatable bonds is 6. The second-order valence-electron chi connectivity index (χ2n) is 5.03. The molecule has 1 aromatic rings. The molecule has 4 heteroatoms. The summed E-state index contributed by atoms with van der Waals surface area (Å²) in [5.41, 5.74) is 7.14. The van der Waals surface area contributed by atoms with Crippen LogP contribution in [-0.2, 0) is 0 Å². The molecule has 0 saturated carbocycles. The number of nitrogens with zero attached hydrogens (tertiary/aromatic N) is 2. The molecule has 1 atom stereocenters. The van der Waals surface area contributed by atoms with Gasteiger partial charge < -0.3 is 10.6 Å². The van der Waals surface area contributed by atoms with Crippen LogP contribution in [0, 0.1) is 6.92 Å². The van der Waals surface area contributed by atoms with Gasteiger partial charge in [0.15, 0.2) is 0 Å². The Morgan fingerprint density at radius 2 is 2.11 bits per heavy atom. The molecule has 0 bridgehead atoms. The van der Waals surface area contributed by atoms with Gasteiger partial charge in [-0.05, 0) is 38.8 Å².